The maximum Gasteiger partial charge on any atom is 0.220 e. The number of nitrogens with zero attached hydrogens (tertiary/aromatic N) is 1. The van der Waals surface area contributed by atoms with E-state index in [1.165, 1.54) is 0 Å². The first-order valence-electron chi connectivity index (χ1n) is 8.06. The zero-order valence-corrected chi connectivity index (χ0v) is 13.6. The predicted molar refractivity (Wildman–Crippen MR) is 87.3 cm³/mol. The zero-order chi connectivity index (χ0) is 16.2. The molecule has 5 heteroatoms. The van der Waals surface area contributed by atoms with E-state index in [0.29, 0.717) is 18.9 Å². The van der Waals surface area contributed by atoms with Gasteiger partial charge in [-0.15, -0.1) is 0 Å². The normalized spacial score (nSPS) is 18.3. The number of carbonyl (C=O) groups excluding carboxylic acids is 1. The molecule has 0 spiro atoms. The van der Waals surface area contributed by atoms with Gasteiger partial charge >= 0.3 is 0 Å². The molecule has 1 fully saturated rings. The Bertz CT molecular complexity index is 657. The van der Waals surface area contributed by atoms with Crippen molar-refractivity contribution < 1.29 is 14.1 Å². The van der Waals surface area contributed by atoms with Gasteiger partial charge in [0.2, 0.25) is 5.91 Å². The van der Waals surface area contributed by atoms with E-state index in [-0.39, 0.29) is 5.91 Å². The maximum absolute atomic E-state index is 11.3. The van der Waals surface area contributed by atoms with Gasteiger partial charge in [-0.25, -0.2) is 0 Å². The summed E-state index contributed by atoms with van der Waals surface area (Å²) >= 11 is 0. The third-order valence-corrected chi connectivity index (χ3v) is 4.32. The summed E-state index contributed by atoms with van der Waals surface area (Å²) in [7, 11) is 0. The van der Waals surface area contributed by atoms with E-state index >= 15 is 0 Å². The molecule has 0 radical (unpaired) electrons. The molecule has 1 aromatic heterocycles. The molecule has 0 saturated carbocycles. The quantitative estimate of drug-likeness (QED) is 0.941. The van der Waals surface area contributed by atoms with Crippen molar-refractivity contribution in [2.45, 2.75) is 33.1 Å². The van der Waals surface area contributed by atoms with E-state index in [1.807, 2.05) is 38.1 Å². The second kappa shape index (κ2) is 6.86. The first-order chi connectivity index (χ1) is 11.1. The number of nitrogens with one attached hydrogen (secondary N) is 1. The van der Waals surface area contributed by atoms with Gasteiger partial charge in [0, 0.05) is 18.5 Å². The molecule has 1 atom stereocenters. The summed E-state index contributed by atoms with van der Waals surface area (Å²) in [6.07, 6.45) is 2.46. The van der Waals surface area contributed by atoms with Crippen LogP contribution in [0.4, 0.5) is 0 Å². The van der Waals surface area contributed by atoms with Gasteiger partial charge < -0.3 is 14.6 Å². The van der Waals surface area contributed by atoms with Crippen LogP contribution in [0.15, 0.2) is 28.8 Å². The minimum atomic E-state index is 0.149. The summed E-state index contributed by atoms with van der Waals surface area (Å²) in [5, 5.41) is 6.88. The summed E-state index contributed by atoms with van der Waals surface area (Å²) in [4.78, 5) is 11.3. The van der Waals surface area contributed by atoms with Crippen molar-refractivity contribution in [3.63, 3.8) is 0 Å². The van der Waals surface area contributed by atoms with Crippen LogP contribution in [0.5, 0.6) is 5.75 Å². The molecule has 1 amide bonds. The van der Waals surface area contributed by atoms with Gasteiger partial charge in [-0.1, -0.05) is 17.3 Å². The first kappa shape index (κ1) is 15.6. The molecule has 1 N–H and O–H groups in total. The molecule has 2 aromatic rings. The van der Waals surface area contributed by atoms with Gasteiger partial charge in [-0.05, 0) is 50.3 Å². The first-order valence-corrected chi connectivity index (χ1v) is 8.06. The lowest BCUT2D eigenvalue weighted by atomic mass is 10.0. The average molecular weight is 314 g/mol. The Morgan fingerprint density at radius 1 is 1.26 bits per heavy atom. The number of hydrogen-bond acceptors (Lipinski definition) is 4. The van der Waals surface area contributed by atoms with Crippen LogP contribution in [-0.4, -0.2) is 24.2 Å². The van der Waals surface area contributed by atoms with E-state index < -0.39 is 0 Å². The molecule has 1 aromatic carbocycles. The lowest BCUT2D eigenvalue weighted by Gasteiger charge is -2.14. The number of aryl methyl sites for hydroxylation is 2. The maximum atomic E-state index is 11.3. The Morgan fingerprint density at radius 2 is 2.04 bits per heavy atom. The van der Waals surface area contributed by atoms with Crippen molar-refractivity contribution in [1.82, 2.24) is 10.5 Å². The summed E-state index contributed by atoms with van der Waals surface area (Å²) in [6.45, 7) is 5.26. The minimum absolute atomic E-state index is 0.149. The number of carbonyl (C=O) groups is 1. The van der Waals surface area contributed by atoms with Crippen LogP contribution in [-0.2, 0) is 4.79 Å². The smallest absolute Gasteiger partial charge is 0.220 e. The van der Waals surface area contributed by atoms with Crippen molar-refractivity contribution in [1.29, 1.82) is 0 Å². The van der Waals surface area contributed by atoms with Crippen molar-refractivity contribution in [3.8, 4) is 16.9 Å². The topological polar surface area (TPSA) is 64.4 Å². The van der Waals surface area contributed by atoms with Crippen LogP contribution in [0.25, 0.3) is 11.1 Å². The largest absolute Gasteiger partial charge is 0.493 e. The van der Waals surface area contributed by atoms with Crippen LogP contribution >= 0.6 is 0 Å². The number of ether oxygens (including phenoxy) is 1. The molecule has 122 valence electrons. The van der Waals surface area contributed by atoms with Crippen LogP contribution in [0.3, 0.4) is 0 Å². The molecule has 5 nitrogen and oxygen atoms in total. The Morgan fingerprint density at radius 3 is 2.74 bits per heavy atom. The molecule has 0 bridgehead atoms. The number of aromatic nitrogens is 1. The molecule has 3 rings (SSSR count). The van der Waals surface area contributed by atoms with E-state index in [2.05, 4.69) is 10.5 Å². The summed E-state index contributed by atoms with van der Waals surface area (Å²) in [5.74, 6) is 2.25. The van der Waals surface area contributed by atoms with E-state index in [4.69, 9.17) is 9.26 Å². The lowest BCUT2D eigenvalue weighted by Crippen LogP contribution is -2.21. The second-order valence-corrected chi connectivity index (χ2v) is 6.08. The highest BCUT2D eigenvalue weighted by Gasteiger charge is 2.17. The highest BCUT2D eigenvalue weighted by molar-refractivity contribution is 5.76. The Labute approximate surface area is 136 Å². The number of rotatable bonds is 4. The van der Waals surface area contributed by atoms with Gasteiger partial charge in [0.25, 0.3) is 0 Å². The summed E-state index contributed by atoms with van der Waals surface area (Å²) in [5.41, 5.74) is 3.02. The molecule has 23 heavy (non-hydrogen) atoms. The molecule has 2 heterocycles. The third kappa shape index (κ3) is 3.73. The monoisotopic (exact) mass is 314 g/mol. The Hall–Kier alpha value is -2.30. The fraction of sp³-hybridized carbons (Fsp3) is 0.444. The molecular weight excluding hydrogens is 292 g/mol. The SMILES string of the molecule is Cc1noc(C)c1-c1ccc(OCC2CCNC(=O)CC2)cc1. The molecule has 1 aliphatic heterocycles. The van der Waals surface area contributed by atoms with E-state index in [9.17, 15) is 4.79 Å². The number of amides is 1. The third-order valence-electron chi connectivity index (χ3n) is 4.32. The molecular formula is C18H22N2O3. The van der Waals surface area contributed by atoms with Crippen molar-refractivity contribution >= 4 is 5.91 Å². The van der Waals surface area contributed by atoms with Gasteiger partial charge in [-0.2, -0.15) is 0 Å². The summed E-state index contributed by atoms with van der Waals surface area (Å²) < 4.78 is 11.1. The Kier molecular flexibility index (Phi) is 4.65. The van der Waals surface area contributed by atoms with Crippen LogP contribution in [0.2, 0.25) is 0 Å². The highest BCUT2D eigenvalue weighted by Crippen LogP contribution is 2.28. The van der Waals surface area contributed by atoms with Crippen LogP contribution in [0, 0.1) is 19.8 Å². The number of benzene rings is 1. The fourth-order valence-corrected chi connectivity index (χ4v) is 2.98. The van der Waals surface area contributed by atoms with Gasteiger partial charge in [0.1, 0.15) is 11.5 Å². The van der Waals surface area contributed by atoms with Gasteiger partial charge in [0.15, 0.2) is 0 Å². The van der Waals surface area contributed by atoms with Crippen molar-refractivity contribution in [2.24, 2.45) is 5.92 Å². The lowest BCUT2D eigenvalue weighted by molar-refractivity contribution is -0.120. The molecule has 1 unspecified atom stereocenters. The van der Waals surface area contributed by atoms with E-state index in [0.717, 1.165) is 47.7 Å². The van der Waals surface area contributed by atoms with Gasteiger partial charge in [-0.3, -0.25) is 4.79 Å². The highest BCUT2D eigenvalue weighted by atomic mass is 16.5. The second-order valence-electron chi connectivity index (χ2n) is 6.08. The fourth-order valence-electron chi connectivity index (χ4n) is 2.98. The molecule has 0 aliphatic carbocycles. The van der Waals surface area contributed by atoms with Crippen LogP contribution in [0.1, 0.15) is 30.7 Å². The van der Waals surface area contributed by atoms with E-state index in [1.54, 1.807) is 0 Å². The van der Waals surface area contributed by atoms with Crippen LogP contribution < -0.4 is 10.1 Å². The zero-order valence-electron chi connectivity index (χ0n) is 13.6. The standard InChI is InChI=1S/C18H22N2O3/c1-12-18(13(2)23-20-12)15-4-6-16(7-5-15)22-11-14-3-8-17(21)19-10-9-14/h4-7,14H,3,8-11H2,1-2H3,(H,19,21). The molecule has 1 aliphatic rings. The van der Waals surface area contributed by atoms with Gasteiger partial charge in [0.05, 0.1) is 12.3 Å². The minimum Gasteiger partial charge on any atom is -0.493 e. The Balaban J connectivity index is 1.61. The summed E-state index contributed by atoms with van der Waals surface area (Å²) in [6, 6.07) is 8.00. The molecule has 1 saturated heterocycles. The average Bonchev–Trinajstić information content (AvgIpc) is 2.75. The van der Waals surface area contributed by atoms with Crippen molar-refractivity contribution in [2.75, 3.05) is 13.2 Å². The van der Waals surface area contributed by atoms with Crippen molar-refractivity contribution in [3.05, 3.63) is 35.7 Å². The predicted octanol–water partition coefficient (Wildman–Crippen LogP) is 3.25. The number of hydrogen-bond donors (Lipinski definition) is 1.